The number of thioether (sulfide) groups is 1. The molecule has 27 heavy (non-hydrogen) atoms. The standard InChI is InChI=1S/C18H14ClN3O3S2/c19-12-5-7-13(8-6-12)26-14-4-2-1-3-11(14)10-20-22-18-21-17(25)15(27-18)9-16(23)24/h1-8,10,15H,9H2,(H,23,24)(H,21,22,25). The van der Waals surface area contributed by atoms with Crippen LogP contribution in [0.1, 0.15) is 12.0 Å². The highest BCUT2D eigenvalue weighted by atomic mass is 35.5. The Morgan fingerprint density at radius 2 is 2.00 bits per heavy atom. The van der Waals surface area contributed by atoms with Crippen LogP contribution in [0.5, 0.6) is 0 Å². The zero-order chi connectivity index (χ0) is 19.2. The highest BCUT2D eigenvalue weighted by Gasteiger charge is 2.32. The molecule has 2 aromatic carbocycles. The molecule has 1 heterocycles. The number of carboxylic acids is 1. The van der Waals surface area contributed by atoms with Gasteiger partial charge in [0.05, 0.1) is 12.6 Å². The van der Waals surface area contributed by atoms with Crippen LogP contribution < -0.4 is 5.32 Å². The molecule has 0 aromatic heterocycles. The van der Waals surface area contributed by atoms with Gasteiger partial charge in [0.2, 0.25) is 5.91 Å². The molecule has 9 heteroatoms. The van der Waals surface area contributed by atoms with Crippen molar-refractivity contribution in [1.29, 1.82) is 0 Å². The van der Waals surface area contributed by atoms with Crippen molar-refractivity contribution in [2.75, 3.05) is 0 Å². The van der Waals surface area contributed by atoms with Gasteiger partial charge in [0.15, 0.2) is 5.17 Å². The normalized spacial score (nSPS) is 18.2. The summed E-state index contributed by atoms with van der Waals surface area (Å²) >= 11 is 8.56. The van der Waals surface area contributed by atoms with Gasteiger partial charge >= 0.3 is 5.97 Å². The van der Waals surface area contributed by atoms with E-state index in [2.05, 4.69) is 15.5 Å². The van der Waals surface area contributed by atoms with Gasteiger partial charge < -0.3 is 10.4 Å². The van der Waals surface area contributed by atoms with Crippen molar-refractivity contribution >= 4 is 58.4 Å². The van der Waals surface area contributed by atoms with Crippen LogP contribution in [0.15, 0.2) is 68.5 Å². The third-order valence-electron chi connectivity index (χ3n) is 3.44. The van der Waals surface area contributed by atoms with E-state index in [0.717, 1.165) is 27.1 Å². The zero-order valence-corrected chi connectivity index (χ0v) is 16.2. The molecule has 1 aliphatic heterocycles. The molecule has 0 spiro atoms. The SMILES string of the molecule is O=C(O)CC1SC(=NN=Cc2ccccc2Sc2ccc(Cl)cc2)NC1=O. The smallest absolute Gasteiger partial charge is 0.305 e. The summed E-state index contributed by atoms with van der Waals surface area (Å²) in [5.41, 5.74) is 0.873. The number of hydrogen-bond donors (Lipinski definition) is 2. The summed E-state index contributed by atoms with van der Waals surface area (Å²) in [6.07, 6.45) is 1.35. The summed E-state index contributed by atoms with van der Waals surface area (Å²) in [6.45, 7) is 0. The lowest BCUT2D eigenvalue weighted by molar-refractivity contribution is -0.138. The lowest BCUT2D eigenvalue weighted by Gasteiger charge is -2.05. The minimum Gasteiger partial charge on any atom is -0.481 e. The summed E-state index contributed by atoms with van der Waals surface area (Å²) in [7, 11) is 0. The van der Waals surface area contributed by atoms with E-state index >= 15 is 0 Å². The van der Waals surface area contributed by atoms with Gasteiger partial charge in [-0.1, -0.05) is 53.3 Å². The molecule has 0 saturated carbocycles. The number of amidine groups is 1. The second-order valence-corrected chi connectivity index (χ2v) is 8.18. The molecule has 0 bridgehead atoms. The van der Waals surface area contributed by atoms with Gasteiger partial charge in [-0.15, -0.1) is 5.10 Å². The van der Waals surface area contributed by atoms with Crippen molar-refractivity contribution in [3.05, 3.63) is 59.1 Å². The maximum absolute atomic E-state index is 11.7. The first-order chi connectivity index (χ1) is 13.0. The molecule has 2 N–H and O–H groups in total. The number of benzene rings is 2. The van der Waals surface area contributed by atoms with Crippen LogP contribution >= 0.6 is 35.1 Å². The number of aliphatic carboxylic acids is 1. The van der Waals surface area contributed by atoms with Crippen LogP contribution in [0.4, 0.5) is 0 Å². The van der Waals surface area contributed by atoms with Crippen molar-refractivity contribution in [2.24, 2.45) is 10.2 Å². The van der Waals surface area contributed by atoms with E-state index in [1.807, 2.05) is 48.5 Å². The molecule has 3 rings (SSSR count). The predicted molar refractivity (Wildman–Crippen MR) is 109 cm³/mol. The Balaban J connectivity index is 1.70. The first kappa shape index (κ1) is 19.5. The number of nitrogens with zero attached hydrogens (tertiary/aromatic N) is 2. The second kappa shape index (κ2) is 9.07. The first-order valence-corrected chi connectivity index (χ1v) is 9.91. The van der Waals surface area contributed by atoms with Crippen molar-refractivity contribution in [3.8, 4) is 0 Å². The third-order valence-corrected chi connectivity index (χ3v) is 5.87. The Hall–Kier alpha value is -2.29. The lowest BCUT2D eigenvalue weighted by atomic mass is 10.2. The van der Waals surface area contributed by atoms with Crippen molar-refractivity contribution in [3.63, 3.8) is 0 Å². The van der Waals surface area contributed by atoms with E-state index in [1.165, 1.54) is 0 Å². The average molecular weight is 420 g/mol. The summed E-state index contributed by atoms with van der Waals surface area (Å²) in [6, 6.07) is 15.3. The minimum atomic E-state index is -1.03. The maximum atomic E-state index is 11.7. The fourth-order valence-electron chi connectivity index (χ4n) is 2.20. The molecule has 1 unspecified atom stereocenters. The molecule has 0 aliphatic carbocycles. The number of halogens is 1. The van der Waals surface area contributed by atoms with Gasteiger partial charge in [0.25, 0.3) is 0 Å². The van der Waals surface area contributed by atoms with Crippen LogP contribution in [0.3, 0.4) is 0 Å². The first-order valence-electron chi connectivity index (χ1n) is 7.84. The Bertz CT molecular complexity index is 916. The molecule has 138 valence electrons. The number of nitrogens with one attached hydrogen (secondary N) is 1. The van der Waals surface area contributed by atoms with Crippen LogP contribution in [-0.4, -0.2) is 33.6 Å². The van der Waals surface area contributed by atoms with Crippen LogP contribution in [0.2, 0.25) is 5.02 Å². The highest BCUT2D eigenvalue weighted by Crippen LogP contribution is 2.30. The monoisotopic (exact) mass is 419 g/mol. The molecule has 1 fully saturated rings. The number of amides is 1. The van der Waals surface area contributed by atoms with E-state index < -0.39 is 11.2 Å². The molecule has 1 atom stereocenters. The Labute approximate surface area is 169 Å². The fraction of sp³-hybridized carbons (Fsp3) is 0.111. The van der Waals surface area contributed by atoms with Gasteiger partial charge in [-0.05, 0) is 30.3 Å². The maximum Gasteiger partial charge on any atom is 0.305 e. The minimum absolute atomic E-state index is 0.250. The number of carbonyl (C=O) groups excluding carboxylic acids is 1. The van der Waals surface area contributed by atoms with Crippen molar-refractivity contribution < 1.29 is 14.7 Å². The Morgan fingerprint density at radius 3 is 2.74 bits per heavy atom. The van der Waals surface area contributed by atoms with E-state index in [0.29, 0.717) is 10.2 Å². The van der Waals surface area contributed by atoms with Gasteiger partial charge in [0.1, 0.15) is 5.25 Å². The van der Waals surface area contributed by atoms with E-state index in [9.17, 15) is 9.59 Å². The molecule has 0 radical (unpaired) electrons. The zero-order valence-electron chi connectivity index (χ0n) is 13.8. The Kier molecular flexibility index (Phi) is 6.54. The highest BCUT2D eigenvalue weighted by molar-refractivity contribution is 8.15. The van der Waals surface area contributed by atoms with E-state index in [-0.39, 0.29) is 12.3 Å². The number of rotatable bonds is 6. The third kappa shape index (κ3) is 5.59. The van der Waals surface area contributed by atoms with Crippen LogP contribution in [0.25, 0.3) is 0 Å². The van der Waals surface area contributed by atoms with Gasteiger partial charge in [0, 0.05) is 20.4 Å². The van der Waals surface area contributed by atoms with Crippen LogP contribution in [0, 0.1) is 0 Å². The lowest BCUT2D eigenvalue weighted by Crippen LogP contribution is -2.26. The largest absolute Gasteiger partial charge is 0.481 e. The Morgan fingerprint density at radius 1 is 1.26 bits per heavy atom. The molecule has 1 saturated heterocycles. The molecular weight excluding hydrogens is 406 g/mol. The summed E-state index contributed by atoms with van der Waals surface area (Å²) < 4.78 is 0. The molecule has 2 aromatic rings. The quantitative estimate of drug-likeness (QED) is 0.547. The van der Waals surface area contributed by atoms with E-state index in [4.69, 9.17) is 16.7 Å². The molecular formula is C18H14ClN3O3S2. The summed E-state index contributed by atoms with van der Waals surface area (Å²) in [4.78, 5) is 24.5. The average Bonchev–Trinajstić information content (AvgIpc) is 2.97. The van der Waals surface area contributed by atoms with Crippen molar-refractivity contribution in [1.82, 2.24) is 5.32 Å². The van der Waals surface area contributed by atoms with Gasteiger partial charge in [-0.25, -0.2) is 0 Å². The fourth-order valence-corrected chi connectivity index (χ4v) is 4.15. The topological polar surface area (TPSA) is 91.1 Å². The van der Waals surface area contributed by atoms with E-state index in [1.54, 1.807) is 18.0 Å². The number of carboxylic acid groups (broad SMARTS) is 1. The van der Waals surface area contributed by atoms with Gasteiger partial charge in [-0.3, -0.25) is 9.59 Å². The summed E-state index contributed by atoms with van der Waals surface area (Å²) in [5.74, 6) is -1.39. The van der Waals surface area contributed by atoms with Gasteiger partial charge in [-0.2, -0.15) is 5.10 Å². The van der Waals surface area contributed by atoms with Crippen molar-refractivity contribution in [2.45, 2.75) is 21.5 Å². The number of carbonyl (C=O) groups is 2. The summed E-state index contributed by atoms with van der Waals surface area (Å²) in [5, 5.41) is 19.7. The molecule has 1 aliphatic rings. The van der Waals surface area contributed by atoms with Crippen LogP contribution in [-0.2, 0) is 9.59 Å². The second-order valence-electron chi connectivity index (χ2n) is 5.44. The predicted octanol–water partition coefficient (Wildman–Crippen LogP) is 3.89. The molecule has 1 amide bonds. The number of hydrogen-bond acceptors (Lipinski definition) is 6. The molecule has 6 nitrogen and oxygen atoms in total.